The van der Waals surface area contributed by atoms with Crippen molar-refractivity contribution in [3.05, 3.63) is 10.1 Å². The van der Waals surface area contributed by atoms with Crippen LogP contribution in [0.5, 0.6) is 0 Å². The molecule has 0 heterocycles. The Kier molecular flexibility index (Phi) is 2.27. The molecule has 4 heteroatoms. The van der Waals surface area contributed by atoms with E-state index < -0.39 is 18.1 Å². The molecule has 0 bridgehead atoms. The van der Waals surface area contributed by atoms with Crippen molar-refractivity contribution in [2.24, 2.45) is 0 Å². The maximum absolute atomic E-state index is 10.8. The second kappa shape index (κ2) is 2.56. The average Bonchev–Trinajstić information content (AvgIpc) is 1.35. The van der Waals surface area contributed by atoms with Crippen LogP contribution in [0.2, 0.25) is 0 Å². The highest BCUT2D eigenvalue weighted by atomic mass is 19.1. The molecule has 0 rings (SSSR count). The summed E-state index contributed by atoms with van der Waals surface area (Å²) < 4.78 is 10.8. The van der Waals surface area contributed by atoms with Gasteiger partial charge in [0.15, 0.2) is 6.67 Å². The summed E-state index contributed by atoms with van der Waals surface area (Å²) in [7, 11) is 0. The Bertz CT molecular complexity index is 55.5. The fraction of sp³-hybridized carbons (Fsp3) is 1.00. The lowest BCUT2D eigenvalue weighted by Crippen LogP contribution is -2.00. The van der Waals surface area contributed by atoms with Crippen molar-refractivity contribution in [2.75, 3.05) is 13.2 Å². The highest BCUT2D eigenvalue weighted by Gasteiger charge is 1.89. The third kappa shape index (κ3) is 3.33. The molecule has 0 saturated carbocycles. The Morgan fingerprint density at radius 3 is 2.33 bits per heavy atom. The van der Waals surface area contributed by atoms with Crippen LogP contribution < -0.4 is 0 Å². The monoisotopic (exact) mass is 93.0 g/mol. The van der Waals surface area contributed by atoms with Crippen molar-refractivity contribution in [3.63, 3.8) is 0 Å². The van der Waals surface area contributed by atoms with Crippen LogP contribution in [0.4, 0.5) is 4.39 Å². The molecule has 0 N–H and O–H groups in total. The van der Waals surface area contributed by atoms with Gasteiger partial charge < -0.3 is 0 Å². The molecule has 0 unspecified atom stereocenters. The molecule has 0 fully saturated rings. The van der Waals surface area contributed by atoms with Crippen molar-refractivity contribution in [2.45, 2.75) is 0 Å². The molecular weight excluding hydrogens is 89.0 g/mol. The molecule has 0 atom stereocenters. The molecule has 0 aliphatic rings. The zero-order valence-corrected chi connectivity index (χ0v) is 3.06. The summed E-state index contributed by atoms with van der Waals surface area (Å²) in [5.74, 6) is 0. The number of hydrogen-bond donors (Lipinski definition) is 0. The first kappa shape index (κ1) is 5.33. The minimum atomic E-state index is -0.868. The lowest BCUT2D eigenvalue weighted by Gasteiger charge is -1.78. The molecular formula is C2H4FNO2. The van der Waals surface area contributed by atoms with Gasteiger partial charge in [-0.15, -0.1) is 0 Å². The van der Waals surface area contributed by atoms with Crippen LogP contribution in [0.25, 0.3) is 0 Å². The van der Waals surface area contributed by atoms with E-state index >= 15 is 0 Å². The molecule has 0 amide bonds. The maximum atomic E-state index is 10.8. The second-order valence-electron chi connectivity index (χ2n) is 0.745. The van der Waals surface area contributed by atoms with Gasteiger partial charge in [0, 0.05) is 4.92 Å². The van der Waals surface area contributed by atoms with Gasteiger partial charge in [0.2, 0.25) is 6.54 Å². The zero-order valence-electron chi connectivity index (χ0n) is 3.06. The van der Waals surface area contributed by atoms with E-state index in [1.54, 1.807) is 0 Å². The molecule has 6 heavy (non-hydrogen) atoms. The molecule has 0 aromatic rings. The van der Waals surface area contributed by atoms with Gasteiger partial charge in [0.05, 0.1) is 0 Å². The van der Waals surface area contributed by atoms with Crippen LogP contribution in [-0.4, -0.2) is 18.1 Å². The standard InChI is InChI=1S/C2H4FNO2/c3-1-2-4(5)6/h1-2H2. The molecule has 0 saturated heterocycles. The molecule has 0 spiro atoms. The molecule has 0 aromatic heterocycles. The summed E-state index contributed by atoms with van der Waals surface area (Å²) in [6, 6.07) is 0. The maximum Gasteiger partial charge on any atom is 0.231 e. The largest absolute Gasteiger partial charge is 0.264 e. The van der Waals surface area contributed by atoms with Crippen molar-refractivity contribution < 1.29 is 9.31 Å². The molecule has 0 aliphatic carbocycles. The first-order chi connectivity index (χ1) is 2.77. The van der Waals surface area contributed by atoms with Gasteiger partial charge in [-0.2, -0.15) is 0 Å². The van der Waals surface area contributed by atoms with Crippen molar-refractivity contribution in [1.29, 1.82) is 0 Å². The van der Waals surface area contributed by atoms with Crippen LogP contribution >= 0.6 is 0 Å². The minimum Gasteiger partial charge on any atom is -0.264 e. The zero-order chi connectivity index (χ0) is 4.99. The number of alkyl halides is 1. The summed E-state index contributed by atoms with van der Waals surface area (Å²) in [5.41, 5.74) is 0. The second-order valence-corrected chi connectivity index (χ2v) is 0.745. The van der Waals surface area contributed by atoms with E-state index in [2.05, 4.69) is 0 Å². The molecule has 0 radical (unpaired) electrons. The molecule has 0 aromatic carbocycles. The van der Waals surface area contributed by atoms with Crippen LogP contribution in [-0.2, 0) is 0 Å². The smallest absolute Gasteiger partial charge is 0.231 e. The number of hydrogen-bond acceptors (Lipinski definition) is 2. The number of rotatable bonds is 2. The van der Waals surface area contributed by atoms with Gasteiger partial charge in [-0.25, -0.2) is 4.39 Å². The van der Waals surface area contributed by atoms with Crippen LogP contribution in [0.3, 0.4) is 0 Å². The predicted octanol–water partition coefficient (Wildman–Crippen LogP) is 0.233. The fourth-order valence-corrected chi connectivity index (χ4v) is 0.0690. The lowest BCUT2D eigenvalue weighted by molar-refractivity contribution is -0.480. The van der Waals surface area contributed by atoms with E-state index in [4.69, 9.17) is 10.1 Å². The van der Waals surface area contributed by atoms with Crippen LogP contribution in [0.1, 0.15) is 0 Å². The Morgan fingerprint density at radius 1 is 1.83 bits per heavy atom. The number of halogens is 1. The summed E-state index contributed by atoms with van der Waals surface area (Å²) in [5, 5.41) is 9.16. The summed E-state index contributed by atoms with van der Waals surface area (Å²) >= 11 is 0. The fourth-order valence-electron chi connectivity index (χ4n) is 0.0690. The quantitative estimate of drug-likeness (QED) is 0.362. The van der Waals surface area contributed by atoms with Crippen molar-refractivity contribution in [1.82, 2.24) is 0 Å². The van der Waals surface area contributed by atoms with Gasteiger partial charge in [-0.3, -0.25) is 10.1 Å². The normalized spacial score (nSPS) is 8.17. The summed E-state index contributed by atoms with van der Waals surface area (Å²) in [4.78, 5) is 8.47. The average molecular weight is 93.1 g/mol. The van der Waals surface area contributed by atoms with Gasteiger partial charge in [0.25, 0.3) is 0 Å². The van der Waals surface area contributed by atoms with Gasteiger partial charge in [-0.1, -0.05) is 0 Å². The van der Waals surface area contributed by atoms with Gasteiger partial charge in [-0.05, 0) is 0 Å². The SMILES string of the molecule is O=[N+]([O-])CCF. The Morgan fingerprint density at radius 2 is 2.33 bits per heavy atom. The van der Waals surface area contributed by atoms with Crippen LogP contribution in [0.15, 0.2) is 0 Å². The topological polar surface area (TPSA) is 43.1 Å². The molecule has 36 valence electrons. The van der Waals surface area contributed by atoms with E-state index in [-0.39, 0.29) is 0 Å². The summed E-state index contributed by atoms with van der Waals surface area (Å²) in [6.07, 6.45) is 0. The summed E-state index contributed by atoms with van der Waals surface area (Å²) in [6.45, 7) is -1.44. The first-order valence-corrected chi connectivity index (χ1v) is 1.45. The molecule has 3 nitrogen and oxygen atoms in total. The van der Waals surface area contributed by atoms with E-state index in [0.29, 0.717) is 0 Å². The highest BCUT2D eigenvalue weighted by molar-refractivity contribution is 4.17. The molecule has 0 aliphatic heterocycles. The van der Waals surface area contributed by atoms with Crippen LogP contribution in [0, 0.1) is 10.1 Å². The van der Waals surface area contributed by atoms with Crippen molar-refractivity contribution >= 4 is 0 Å². The first-order valence-electron chi connectivity index (χ1n) is 1.45. The van der Waals surface area contributed by atoms with E-state index in [0.717, 1.165) is 0 Å². The predicted molar refractivity (Wildman–Crippen MR) is 17.8 cm³/mol. The number of nitro groups is 1. The third-order valence-electron chi connectivity index (χ3n) is 0.267. The van der Waals surface area contributed by atoms with E-state index in [1.807, 2.05) is 0 Å². The highest BCUT2D eigenvalue weighted by Crippen LogP contribution is 1.67. The van der Waals surface area contributed by atoms with E-state index in [9.17, 15) is 4.39 Å². The Hall–Kier alpha value is -0.670. The van der Waals surface area contributed by atoms with Gasteiger partial charge >= 0.3 is 0 Å². The van der Waals surface area contributed by atoms with Crippen molar-refractivity contribution in [3.8, 4) is 0 Å². The number of nitrogens with zero attached hydrogens (tertiary/aromatic N) is 1. The van der Waals surface area contributed by atoms with Gasteiger partial charge in [0.1, 0.15) is 0 Å². The Labute approximate surface area is 33.9 Å². The Balaban J connectivity index is 2.83. The minimum absolute atomic E-state index is 0.569. The lowest BCUT2D eigenvalue weighted by atomic mass is 10.8. The third-order valence-corrected chi connectivity index (χ3v) is 0.267. The van der Waals surface area contributed by atoms with E-state index in [1.165, 1.54) is 0 Å².